The van der Waals surface area contributed by atoms with Crippen LogP contribution in [0.5, 0.6) is 11.9 Å². The molecule has 0 unspecified atom stereocenters. The minimum Gasteiger partial charge on any atom is -0.471 e. The number of aliphatic hydroxyl groups excluding tert-OH is 1. The fourth-order valence-electron chi connectivity index (χ4n) is 2.59. The molecule has 2 N–H and O–H groups in total. The summed E-state index contributed by atoms with van der Waals surface area (Å²) in [7, 11) is 0. The molecule has 1 aromatic heterocycles. The molecule has 2 aromatic rings. The van der Waals surface area contributed by atoms with Gasteiger partial charge in [-0.25, -0.2) is 8.78 Å². The van der Waals surface area contributed by atoms with Crippen LogP contribution in [0.15, 0.2) is 23.0 Å². The molecule has 0 radical (unpaired) electrons. The summed E-state index contributed by atoms with van der Waals surface area (Å²) in [5.74, 6) is -2.02. The summed E-state index contributed by atoms with van der Waals surface area (Å²) in [5.41, 5.74) is -0.541. The van der Waals surface area contributed by atoms with Gasteiger partial charge in [0, 0.05) is 30.6 Å². The first-order valence-electron chi connectivity index (χ1n) is 9.63. The number of aliphatic hydroxyl groups is 1. The Balaban J connectivity index is 2.14. The van der Waals surface area contributed by atoms with Crippen LogP contribution in [0.4, 0.5) is 8.78 Å². The predicted octanol–water partition coefficient (Wildman–Crippen LogP) is 2.60. The maximum atomic E-state index is 13.8. The number of nitrogens with one attached hydrogen (secondary N) is 1. The number of carbonyl (C=O) groups excluding carboxylic acids is 1. The van der Waals surface area contributed by atoms with E-state index < -0.39 is 17.2 Å². The van der Waals surface area contributed by atoms with Crippen LogP contribution in [-0.4, -0.2) is 40.3 Å². The Bertz CT molecular complexity index is 969. The lowest BCUT2D eigenvalue weighted by Crippen LogP contribution is -2.27. The summed E-state index contributed by atoms with van der Waals surface area (Å²) in [6.07, 6.45) is 0.498. The van der Waals surface area contributed by atoms with Gasteiger partial charge in [0.15, 0.2) is 5.02 Å². The molecule has 0 atom stereocenters. The number of hydrogen-bond donors (Lipinski definition) is 2. The highest BCUT2D eigenvalue weighted by Gasteiger charge is 2.20. The SMILES string of the molecule is CC(C)n1c(OCCCC(=O)NCCO)nc(OCc2ccc(F)cc2F)c(Cl)c1=O. The zero-order valence-corrected chi connectivity index (χ0v) is 17.9. The van der Waals surface area contributed by atoms with Gasteiger partial charge in [-0.15, -0.1) is 0 Å². The lowest BCUT2D eigenvalue weighted by molar-refractivity contribution is -0.121. The third kappa shape index (κ3) is 6.90. The number of hydrogen-bond acceptors (Lipinski definition) is 6. The van der Waals surface area contributed by atoms with Crippen molar-refractivity contribution >= 4 is 17.5 Å². The second-order valence-electron chi connectivity index (χ2n) is 6.83. The summed E-state index contributed by atoms with van der Waals surface area (Å²) in [6.45, 7) is 3.25. The van der Waals surface area contributed by atoms with Crippen molar-refractivity contribution < 1.29 is 28.2 Å². The number of nitrogens with zero attached hydrogens (tertiary/aromatic N) is 2. The van der Waals surface area contributed by atoms with Crippen LogP contribution in [0.25, 0.3) is 0 Å². The molecule has 170 valence electrons. The molecule has 8 nitrogen and oxygen atoms in total. The number of benzene rings is 1. The van der Waals surface area contributed by atoms with E-state index in [9.17, 15) is 18.4 Å². The summed E-state index contributed by atoms with van der Waals surface area (Å²) >= 11 is 6.09. The van der Waals surface area contributed by atoms with Crippen molar-refractivity contribution in [2.75, 3.05) is 19.8 Å². The predicted molar refractivity (Wildman–Crippen MR) is 109 cm³/mol. The van der Waals surface area contributed by atoms with E-state index in [1.54, 1.807) is 13.8 Å². The van der Waals surface area contributed by atoms with Gasteiger partial charge in [-0.2, -0.15) is 4.98 Å². The number of rotatable bonds is 11. The van der Waals surface area contributed by atoms with E-state index in [0.29, 0.717) is 6.42 Å². The van der Waals surface area contributed by atoms with Gasteiger partial charge in [0.2, 0.25) is 11.8 Å². The molecule has 0 aliphatic carbocycles. The number of ether oxygens (including phenoxy) is 2. The first-order chi connectivity index (χ1) is 14.7. The lowest BCUT2D eigenvalue weighted by Gasteiger charge is -2.18. The van der Waals surface area contributed by atoms with Crippen molar-refractivity contribution in [3.05, 3.63) is 50.8 Å². The van der Waals surface area contributed by atoms with E-state index in [4.69, 9.17) is 26.2 Å². The molecule has 1 heterocycles. The summed E-state index contributed by atoms with van der Waals surface area (Å²) in [6, 6.07) is 2.63. The van der Waals surface area contributed by atoms with Crippen LogP contribution in [0.2, 0.25) is 5.02 Å². The molecule has 0 spiro atoms. The smallest absolute Gasteiger partial charge is 0.302 e. The van der Waals surface area contributed by atoms with Crippen LogP contribution in [0.1, 0.15) is 38.3 Å². The van der Waals surface area contributed by atoms with Crippen molar-refractivity contribution in [1.29, 1.82) is 0 Å². The Kier molecular flexibility index (Phi) is 9.20. The van der Waals surface area contributed by atoms with Crippen molar-refractivity contribution in [1.82, 2.24) is 14.9 Å². The van der Waals surface area contributed by atoms with Crippen LogP contribution in [-0.2, 0) is 11.4 Å². The average molecular weight is 460 g/mol. The van der Waals surface area contributed by atoms with E-state index in [0.717, 1.165) is 12.1 Å². The standard InChI is InChI=1S/C20H24ClF2N3O5/c1-12(2)26-19(29)17(21)18(31-11-13-5-6-14(22)10-15(13)23)25-20(26)30-9-3-4-16(28)24-7-8-27/h5-6,10,12,27H,3-4,7-9,11H2,1-2H3,(H,24,28). The molecule has 0 aliphatic rings. The van der Waals surface area contributed by atoms with E-state index in [1.807, 2.05) is 0 Å². The Hall–Kier alpha value is -2.72. The first kappa shape index (κ1) is 24.5. The third-order valence-corrected chi connectivity index (χ3v) is 4.43. The van der Waals surface area contributed by atoms with Gasteiger partial charge in [0.25, 0.3) is 5.56 Å². The minimum absolute atomic E-state index is 0.0589. The summed E-state index contributed by atoms with van der Waals surface area (Å²) in [5, 5.41) is 10.9. The lowest BCUT2D eigenvalue weighted by atomic mass is 10.2. The topological polar surface area (TPSA) is 103 Å². The molecule has 11 heteroatoms. The zero-order valence-electron chi connectivity index (χ0n) is 17.2. The van der Waals surface area contributed by atoms with Crippen molar-refractivity contribution in [3.63, 3.8) is 0 Å². The van der Waals surface area contributed by atoms with Gasteiger partial charge in [-0.3, -0.25) is 14.2 Å². The Morgan fingerprint density at radius 3 is 2.71 bits per heavy atom. The zero-order chi connectivity index (χ0) is 23.0. The van der Waals surface area contributed by atoms with Crippen molar-refractivity contribution in [2.24, 2.45) is 0 Å². The molecule has 0 bridgehead atoms. The number of amides is 1. The Labute approximate surface area is 182 Å². The maximum absolute atomic E-state index is 13.8. The number of halogens is 3. The number of aromatic nitrogens is 2. The summed E-state index contributed by atoms with van der Waals surface area (Å²) in [4.78, 5) is 28.4. The highest BCUT2D eigenvalue weighted by atomic mass is 35.5. The Morgan fingerprint density at radius 1 is 1.32 bits per heavy atom. The molecule has 31 heavy (non-hydrogen) atoms. The highest BCUT2D eigenvalue weighted by Crippen LogP contribution is 2.25. The molecular weight excluding hydrogens is 436 g/mol. The monoisotopic (exact) mass is 459 g/mol. The van der Waals surface area contributed by atoms with Gasteiger partial charge in [0.05, 0.1) is 13.2 Å². The van der Waals surface area contributed by atoms with E-state index in [1.165, 1.54) is 10.6 Å². The molecule has 0 saturated heterocycles. The molecule has 0 aliphatic heterocycles. The van der Waals surface area contributed by atoms with Gasteiger partial charge in [0.1, 0.15) is 18.2 Å². The molecule has 0 saturated carbocycles. The van der Waals surface area contributed by atoms with Crippen LogP contribution >= 0.6 is 11.6 Å². The van der Waals surface area contributed by atoms with Crippen LogP contribution in [0, 0.1) is 11.6 Å². The molecule has 1 aromatic carbocycles. The normalized spacial score (nSPS) is 10.9. The maximum Gasteiger partial charge on any atom is 0.302 e. The molecular formula is C20H24ClF2N3O5. The second-order valence-corrected chi connectivity index (χ2v) is 7.21. The fourth-order valence-corrected chi connectivity index (χ4v) is 2.78. The van der Waals surface area contributed by atoms with Crippen molar-refractivity contribution in [3.8, 4) is 11.9 Å². The van der Waals surface area contributed by atoms with Gasteiger partial charge < -0.3 is 19.9 Å². The average Bonchev–Trinajstić information content (AvgIpc) is 2.71. The quantitative estimate of drug-likeness (QED) is 0.501. The van der Waals surface area contributed by atoms with Crippen molar-refractivity contribution in [2.45, 2.75) is 39.3 Å². The van der Waals surface area contributed by atoms with Gasteiger partial charge in [-0.1, -0.05) is 11.6 Å². The first-order valence-corrected chi connectivity index (χ1v) is 10.0. The largest absolute Gasteiger partial charge is 0.471 e. The molecule has 0 fully saturated rings. The van der Waals surface area contributed by atoms with Crippen LogP contribution in [0.3, 0.4) is 0 Å². The minimum atomic E-state index is -0.803. The Morgan fingerprint density at radius 2 is 2.06 bits per heavy atom. The molecule has 1 amide bonds. The molecule has 2 rings (SSSR count). The second kappa shape index (κ2) is 11.6. The fraction of sp³-hybridized carbons (Fsp3) is 0.450. The van der Waals surface area contributed by atoms with Gasteiger partial charge in [-0.05, 0) is 32.4 Å². The van der Waals surface area contributed by atoms with E-state index in [2.05, 4.69) is 10.3 Å². The van der Waals surface area contributed by atoms with Crippen LogP contribution < -0.4 is 20.3 Å². The van der Waals surface area contributed by atoms with Gasteiger partial charge >= 0.3 is 6.01 Å². The highest BCUT2D eigenvalue weighted by molar-refractivity contribution is 6.31. The number of carbonyl (C=O) groups is 1. The third-order valence-electron chi connectivity index (χ3n) is 4.11. The van der Waals surface area contributed by atoms with E-state index >= 15 is 0 Å². The van der Waals surface area contributed by atoms with E-state index in [-0.39, 0.29) is 67.2 Å². The summed E-state index contributed by atoms with van der Waals surface area (Å²) < 4.78 is 39.1.